The Labute approximate surface area is 91.7 Å². The first-order valence-electron chi connectivity index (χ1n) is 5.35. The summed E-state index contributed by atoms with van der Waals surface area (Å²) >= 11 is 0. The first-order valence-corrected chi connectivity index (χ1v) is 5.35. The fourth-order valence-corrected chi connectivity index (χ4v) is 1.51. The van der Waals surface area contributed by atoms with Gasteiger partial charge in [0.15, 0.2) is 0 Å². The number of imidazole rings is 1. The Bertz CT molecular complexity index is 296. The number of nitrogens with zero attached hydrogens (tertiary/aromatic N) is 2. The van der Waals surface area contributed by atoms with E-state index in [1.807, 2.05) is 13.3 Å². The third-order valence-electron chi connectivity index (χ3n) is 2.61. The van der Waals surface area contributed by atoms with E-state index in [4.69, 9.17) is 4.74 Å². The molecule has 0 spiro atoms. The van der Waals surface area contributed by atoms with Crippen LogP contribution in [0.1, 0.15) is 18.3 Å². The summed E-state index contributed by atoms with van der Waals surface area (Å²) in [5, 5.41) is 3.39. The molecule has 4 nitrogen and oxygen atoms in total. The number of hydrogen-bond donors (Lipinski definition) is 1. The minimum Gasteiger partial charge on any atom is -0.383 e. The zero-order chi connectivity index (χ0) is 11.3. The molecule has 1 N–H and O–H groups in total. The topological polar surface area (TPSA) is 39.1 Å². The molecule has 1 unspecified atom stereocenters. The Hall–Kier alpha value is -0.870. The van der Waals surface area contributed by atoms with Crippen LogP contribution in [0, 0.1) is 13.8 Å². The highest BCUT2D eigenvalue weighted by Crippen LogP contribution is 2.02. The first kappa shape index (κ1) is 12.2. The van der Waals surface area contributed by atoms with Crippen LogP contribution < -0.4 is 5.32 Å². The van der Waals surface area contributed by atoms with Gasteiger partial charge in [-0.2, -0.15) is 0 Å². The molecule has 86 valence electrons. The van der Waals surface area contributed by atoms with Crippen LogP contribution in [0.4, 0.5) is 0 Å². The summed E-state index contributed by atoms with van der Waals surface area (Å²) in [6.45, 7) is 8.91. The minimum atomic E-state index is 0.403. The normalized spacial score (nSPS) is 13.1. The van der Waals surface area contributed by atoms with Gasteiger partial charge in [-0.25, -0.2) is 4.98 Å². The molecular formula is C11H21N3O. The lowest BCUT2D eigenvalue weighted by Gasteiger charge is -2.13. The molecule has 1 rings (SSSR count). The highest BCUT2D eigenvalue weighted by atomic mass is 16.5. The molecule has 0 aliphatic heterocycles. The SMILES string of the molecule is COCC(C)NCCn1cnc(C)c1C. The van der Waals surface area contributed by atoms with E-state index in [2.05, 4.69) is 28.7 Å². The summed E-state index contributed by atoms with van der Waals surface area (Å²) in [6.07, 6.45) is 1.90. The van der Waals surface area contributed by atoms with E-state index in [1.54, 1.807) is 7.11 Å². The predicted octanol–water partition coefficient (Wildman–Crippen LogP) is 1.12. The van der Waals surface area contributed by atoms with Crippen LogP contribution in [0.25, 0.3) is 0 Å². The standard InChI is InChI=1S/C11H21N3O/c1-9(7-15-4)12-5-6-14-8-13-10(2)11(14)3/h8-9,12H,5-7H2,1-4H3. The summed E-state index contributed by atoms with van der Waals surface area (Å²) in [4.78, 5) is 4.26. The summed E-state index contributed by atoms with van der Waals surface area (Å²) in [6, 6.07) is 0.403. The van der Waals surface area contributed by atoms with Gasteiger partial charge in [-0.15, -0.1) is 0 Å². The number of aryl methyl sites for hydroxylation is 1. The molecule has 0 aliphatic carbocycles. The lowest BCUT2D eigenvalue weighted by molar-refractivity contribution is 0.172. The Kier molecular flexibility index (Phi) is 4.78. The van der Waals surface area contributed by atoms with Crippen molar-refractivity contribution in [3.8, 4) is 0 Å². The van der Waals surface area contributed by atoms with Crippen LogP contribution in [0.5, 0.6) is 0 Å². The Morgan fingerprint density at radius 2 is 2.27 bits per heavy atom. The van der Waals surface area contributed by atoms with E-state index in [9.17, 15) is 0 Å². The van der Waals surface area contributed by atoms with Crippen molar-refractivity contribution in [3.63, 3.8) is 0 Å². The van der Waals surface area contributed by atoms with Crippen molar-refractivity contribution in [1.82, 2.24) is 14.9 Å². The largest absolute Gasteiger partial charge is 0.383 e. The van der Waals surface area contributed by atoms with Crippen molar-refractivity contribution in [1.29, 1.82) is 0 Å². The van der Waals surface area contributed by atoms with E-state index in [-0.39, 0.29) is 0 Å². The molecule has 0 bridgehead atoms. The highest BCUT2D eigenvalue weighted by molar-refractivity contribution is 5.08. The Morgan fingerprint density at radius 3 is 2.80 bits per heavy atom. The maximum Gasteiger partial charge on any atom is 0.0951 e. The molecule has 0 saturated heterocycles. The third-order valence-corrected chi connectivity index (χ3v) is 2.61. The quantitative estimate of drug-likeness (QED) is 0.766. The molecular weight excluding hydrogens is 190 g/mol. The molecule has 0 aliphatic rings. The first-order chi connectivity index (χ1) is 7.15. The van der Waals surface area contributed by atoms with Gasteiger partial charge in [-0.3, -0.25) is 0 Å². The molecule has 4 heteroatoms. The average molecular weight is 211 g/mol. The number of rotatable bonds is 6. The van der Waals surface area contributed by atoms with E-state index in [0.29, 0.717) is 6.04 Å². The summed E-state index contributed by atoms with van der Waals surface area (Å²) < 4.78 is 7.22. The summed E-state index contributed by atoms with van der Waals surface area (Å²) in [7, 11) is 1.72. The van der Waals surface area contributed by atoms with Gasteiger partial charge in [-0.1, -0.05) is 0 Å². The number of aromatic nitrogens is 2. The van der Waals surface area contributed by atoms with Gasteiger partial charge in [0, 0.05) is 31.9 Å². The van der Waals surface area contributed by atoms with Crippen LogP contribution in [-0.2, 0) is 11.3 Å². The molecule has 0 amide bonds. The van der Waals surface area contributed by atoms with Crippen molar-refractivity contribution in [3.05, 3.63) is 17.7 Å². The average Bonchev–Trinajstić information content (AvgIpc) is 2.50. The molecule has 0 radical (unpaired) electrons. The second-order valence-electron chi connectivity index (χ2n) is 3.92. The smallest absolute Gasteiger partial charge is 0.0951 e. The van der Waals surface area contributed by atoms with Crippen LogP contribution in [0.3, 0.4) is 0 Å². The van der Waals surface area contributed by atoms with Crippen molar-refractivity contribution >= 4 is 0 Å². The summed E-state index contributed by atoms with van der Waals surface area (Å²) in [5.41, 5.74) is 2.36. The minimum absolute atomic E-state index is 0.403. The molecule has 1 atom stereocenters. The molecule has 1 aromatic heterocycles. The van der Waals surface area contributed by atoms with Gasteiger partial charge >= 0.3 is 0 Å². The van der Waals surface area contributed by atoms with Gasteiger partial charge in [0.2, 0.25) is 0 Å². The fraction of sp³-hybridized carbons (Fsp3) is 0.727. The van der Waals surface area contributed by atoms with Gasteiger partial charge in [-0.05, 0) is 20.8 Å². The Balaban J connectivity index is 2.29. The van der Waals surface area contributed by atoms with Gasteiger partial charge in [0.05, 0.1) is 18.6 Å². The lowest BCUT2D eigenvalue weighted by Crippen LogP contribution is -2.32. The molecule has 0 aromatic carbocycles. The second-order valence-corrected chi connectivity index (χ2v) is 3.92. The van der Waals surface area contributed by atoms with Crippen LogP contribution in [-0.4, -0.2) is 35.9 Å². The maximum absolute atomic E-state index is 5.05. The maximum atomic E-state index is 5.05. The van der Waals surface area contributed by atoms with Crippen molar-refractivity contribution < 1.29 is 4.74 Å². The monoisotopic (exact) mass is 211 g/mol. The zero-order valence-electron chi connectivity index (χ0n) is 10.1. The second kappa shape index (κ2) is 5.88. The molecule has 0 saturated carbocycles. The van der Waals surface area contributed by atoms with Gasteiger partial charge < -0.3 is 14.6 Å². The van der Waals surface area contributed by atoms with E-state index in [1.165, 1.54) is 5.69 Å². The van der Waals surface area contributed by atoms with Gasteiger partial charge in [0.1, 0.15) is 0 Å². The van der Waals surface area contributed by atoms with Crippen molar-refractivity contribution in [2.75, 3.05) is 20.3 Å². The molecule has 0 fully saturated rings. The van der Waals surface area contributed by atoms with Crippen LogP contribution in [0.15, 0.2) is 6.33 Å². The highest BCUT2D eigenvalue weighted by Gasteiger charge is 2.02. The van der Waals surface area contributed by atoms with Gasteiger partial charge in [0.25, 0.3) is 0 Å². The number of methoxy groups -OCH3 is 1. The van der Waals surface area contributed by atoms with Crippen molar-refractivity contribution in [2.45, 2.75) is 33.4 Å². The fourth-order valence-electron chi connectivity index (χ4n) is 1.51. The van der Waals surface area contributed by atoms with E-state index >= 15 is 0 Å². The van der Waals surface area contributed by atoms with E-state index in [0.717, 1.165) is 25.4 Å². The molecule has 1 heterocycles. The van der Waals surface area contributed by atoms with Crippen LogP contribution in [0.2, 0.25) is 0 Å². The number of nitrogens with one attached hydrogen (secondary N) is 1. The Morgan fingerprint density at radius 1 is 1.53 bits per heavy atom. The lowest BCUT2D eigenvalue weighted by atomic mass is 10.3. The predicted molar refractivity (Wildman–Crippen MR) is 61.0 cm³/mol. The molecule has 1 aromatic rings. The summed E-state index contributed by atoms with van der Waals surface area (Å²) in [5.74, 6) is 0. The zero-order valence-corrected chi connectivity index (χ0v) is 10.1. The van der Waals surface area contributed by atoms with Crippen molar-refractivity contribution in [2.24, 2.45) is 0 Å². The molecule has 15 heavy (non-hydrogen) atoms. The van der Waals surface area contributed by atoms with Crippen LogP contribution >= 0.6 is 0 Å². The third kappa shape index (κ3) is 3.64. The number of ether oxygens (including phenoxy) is 1. The number of hydrogen-bond acceptors (Lipinski definition) is 3. The van der Waals surface area contributed by atoms with E-state index < -0.39 is 0 Å².